The zero-order chi connectivity index (χ0) is 15.5. The largest absolute Gasteiger partial charge is 0.507 e. The van der Waals surface area contributed by atoms with E-state index in [2.05, 4.69) is 0 Å². The summed E-state index contributed by atoms with van der Waals surface area (Å²) in [5, 5.41) is 27.4. The number of aromatic carboxylic acids is 1. The Bertz CT molecular complexity index is 630. The van der Waals surface area contributed by atoms with E-state index in [1.54, 1.807) is 20.8 Å². The molecule has 5 nitrogen and oxygen atoms in total. The average molecular weight is 273 g/mol. The van der Waals surface area contributed by atoms with Gasteiger partial charge in [0, 0.05) is 5.41 Å². The van der Waals surface area contributed by atoms with Gasteiger partial charge < -0.3 is 10.2 Å². The van der Waals surface area contributed by atoms with Crippen LogP contribution in [-0.2, 0) is 4.79 Å². The molecule has 0 radical (unpaired) electrons. The monoisotopic (exact) mass is 273 g/mol. The van der Waals surface area contributed by atoms with Crippen molar-refractivity contribution in [3.05, 3.63) is 34.9 Å². The number of nitrogens with zero attached hydrogens (tertiary/aromatic N) is 1. The molecule has 1 aromatic rings. The zero-order valence-corrected chi connectivity index (χ0v) is 11.5. The number of carboxylic acids is 1. The number of carbonyl (C=O) groups excluding carboxylic acids is 1. The van der Waals surface area contributed by atoms with Crippen LogP contribution in [0.1, 0.15) is 36.7 Å². The number of ketones is 1. The third-order valence-electron chi connectivity index (χ3n) is 2.61. The van der Waals surface area contributed by atoms with E-state index in [0.29, 0.717) is 5.56 Å². The molecule has 1 aromatic carbocycles. The fraction of sp³-hybridized carbons (Fsp3) is 0.267. The summed E-state index contributed by atoms with van der Waals surface area (Å²) in [5.41, 5.74) is -0.575. The summed E-state index contributed by atoms with van der Waals surface area (Å²) in [6.07, 6.45) is 1.33. The molecular weight excluding hydrogens is 258 g/mol. The van der Waals surface area contributed by atoms with Crippen LogP contribution in [0.15, 0.2) is 23.8 Å². The van der Waals surface area contributed by atoms with Gasteiger partial charge in [0.15, 0.2) is 5.78 Å². The van der Waals surface area contributed by atoms with Gasteiger partial charge in [-0.2, -0.15) is 5.26 Å². The standard InChI is InChI=1S/C15H15NO4/c1-15(2,3)13(18)10(8-16)6-9-4-5-11(14(19)20)12(17)7-9/h4-7,17H,1-3H3,(H,19,20). The highest BCUT2D eigenvalue weighted by Gasteiger charge is 2.25. The fourth-order valence-electron chi connectivity index (χ4n) is 1.54. The van der Waals surface area contributed by atoms with Crippen molar-refractivity contribution in [1.82, 2.24) is 0 Å². The van der Waals surface area contributed by atoms with E-state index in [1.165, 1.54) is 24.3 Å². The van der Waals surface area contributed by atoms with Gasteiger partial charge in [0.05, 0.1) is 5.57 Å². The lowest BCUT2D eigenvalue weighted by molar-refractivity contribution is -0.121. The number of nitriles is 1. The highest BCUT2D eigenvalue weighted by molar-refractivity contribution is 6.06. The van der Waals surface area contributed by atoms with Crippen LogP contribution in [-0.4, -0.2) is 22.0 Å². The quantitative estimate of drug-likeness (QED) is 0.651. The summed E-state index contributed by atoms with van der Waals surface area (Å²) in [6.45, 7) is 5.10. The number of benzene rings is 1. The van der Waals surface area contributed by atoms with Crippen LogP contribution in [0, 0.1) is 16.7 Å². The van der Waals surface area contributed by atoms with E-state index in [-0.39, 0.29) is 16.9 Å². The number of hydrogen-bond donors (Lipinski definition) is 2. The molecule has 20 heavy (non-hydrogen) atoms. The molecule has 0 aliphatic heterocycles. The predicted octanol–water partition coefficient (Wildman–Crippen LogP) is 2.61. The van der Waals surface area contributed by atoms with Crippen LogP contribution in [0.5, 0.6) is 5.75 Å². The second kappa shape index (κ2) is 5.57. The second-order valence-electron chi connectivity index (χ2n) is 5.33. The summed E-state index contributed by atoms with van der Waals surface area (Å²) in [5.74, 6) is -1.97. The maximum Gasteiger partial charge on any atom is 0.339 e. The van der Waals surface area contributed by atoms with Crippen LogP contribution in [0.4, 0.5) is 0 Å². The first-order valence-electron chi connectivity index (χ1n) is 5.89. The Morgan fingerprint density at radius 3 is 2.30 bits per heavy atom. The van der Waals surface area contributed by atoms with Gasteiger partial charge in [-0.25, -0.2) is 4.79 Å². The normalized spacial score (nSPS) is 11.8. The van der Waals surface area contributed by atoms with Gasteiger partial charge in [0.2, 0.25) is 0 Å². The number of allylic oxidation sites excluding steroid dienone is 1. The van der Waals surface area contributed by atoms with Crippen molar-refractivity contribution >= 4 is 17.8 Å². The zero-order valence-electron chi connectivity index (χ0n) is 11.5. The molecule has 0 bridgehead atoms. The molecule has 2 N–H and O–H groups in total. The van der Waals surface area contributed by atoms with Gasteiger partial charge in [0.25, 0.3) is 0 Å². The maximum atomic E-state index is 12.0. The Labute approximate surface area is 116 Å². The second-order valence-corrected chi connectivity index (χ2v) is 5.33. The molecule has 0 saturated carbocycles. The molecule has 5 heteroatoms. The van der Waals surface area contributed by atoms with Crippen LogP contribution < -0.4 is 0 Å². The lowest BCUT2D eigenvalue weighted by atomic mass is 9.86. The number of carboxylic acid groups (broad SMARTS) is 1. The summed E-state index contributed by atoms with van der Waals surface area (Å²) < 4.78 is 0. The van der Waals surface area contributed by atoms with E-state index >= 15 is 0 Å². The van der Waals surface area contributed by atoms with E-state index in [1.807, 2.05) is 6.07 Å². The van der Waals surface area contributed by atoms with Crippen molar-refractivity contribution in [3.63, 3.8) is 0 Å². The average Bonchev–Trinajstić information content (AvgIpc) is 2.33. The minimum absolute atomic E-state index is 0.0417. The maximum absolute atomic E-state index is 12.0. The molecule has 0 unspecified atom stereocenters. The molecule has 0 saturated heterocycles. The molecule has 0 aromatic heterocycles. The van der Waals surface area contributed by atoms with E-state index in [0.717, 1.165) is 0 Å². The first-order valence-corrected chi connectivity index (χ1v) is 5.89. The molecule has 0 atom stereocenters. The lowest BCUT2D eigenvalue weighted by Crippen LogP contribution is -2.21. The molecule has 1 rings (SSSR count). The van der Waals surface area contributed by atoms with E-state index < -0.39 is 17.1 Å². The number of hydrogen-bond acceptors (Lipinski definition) is 4. The van der Waals surface area contributed by atoms with Crippen LogP contribution in [0.25, 0.3) is 6.08 Å². The van der Waals surface area contributed by atoms with Crippen molar-refractivity contribution in [2.24, 2.45) is 5.41 Å². The fourth-order valence-corrected chi connectivity index (χ4v) is 1.54. The summed E-state index contributed by atoms with van der Waals surface area (Å²) in [4.78, 5) is 22.8. The SMILES string of the molecule is CC(C)(C)C(=O)C(C#N)=Cc1ccc(C(=O)O)c(O)c1. The smallest absolute Gasteiger partial charge is 0.339 e. The minimum Gasteiger partial charge on any atom is -0.507 e. The lowest BCUT2D eigenvalue weighted by Gasteiger charge is -2.15. The first kappa shape index (κ1) is 15.4. The Morgan fingerprint density at radius 1 is 1.30 bits per heavy atom. The van der Waals surface area contributed by atoms with Crippen molar-refractivity contribution in [2.45, 2.75) is 20.8 Å². The summed E-state index contributed by atoms with van der Waals surface area (Å²) >= 11 is 0. The van der Waals surface area contributed by atoms with Crippen LogP contribution in [0.3, 0.4) is 0 Å². The van der Waals surface area contributed by atoms with Crippen molar-refractivity contribution in [1.29, 1.82) is 5.26 Å². The van der Waals surface area contributed by atoms with Gasteiger partial charge in [-0.15, -0.1) is 0 Å². The molecule has 0 amide bonds. The third-order valence-corrected chi connectivity index (χ3v) is 2.61. The van der Waals surface area contributed by atoms with E-state index in [4.69, 9.17) is 10.4 Å². The number of phenols is 1. The Morgan fingerprint density at radius 2 is 1.90 bits per heavy atom. The van der Waals surface area contributed by atoms with Gasteiger partial charge in [-0.1, -0.05) is 26.8 Å². The third kappa shape index (κ3) is 3.45. The molecule has 104 valence electrons. The van der Waals surface area contributed by atoms with E-state index in [9.17, 15) is 14.7 Å². The first-order chi connectivity index (χ1) is 9.16. The summed E-state index contributed by atoms with van der Waals surface area (Å²) in [6, 6.07) is 5.68. The topological polar surface area (TPSA) is 98.4 Å². The number of rotatable bonds is 3. The van der Waals surface area contributed by atoms with Gasteiger partial charge in [0.1, 0.15) is 17.4 Å². The Hall–Kier alpha value is -2.61. The Balaban J connectivity index is 3.22. The van der Waals surface area contributed by atoms with Crippen molar-refractivity contribution in [3.8, 4) is 11.8 Å². The number of Topliss-reactive ketones (excluding diaryl/α,β-unsaturated/α-hetero) is 1. The highest BCUT2D eigenvalue weighted by Crippen LogP contribution is 2.24. The van der Waals surface area contributed by atoms with Crippen LogP contribution >= 0.6 is 0 Å². The molecule has 0 aliphatic rings. The minimum atomic E-state index is -1.25. The van der Waals surface area contributed by atoms with Gasteiger partial charge in [-0.3, -0.25) is 4.79 Å². The van der Waals surface area contributed by atoms with Crippen molar-refractivity contribution < 1.29 is 19.8 Å². The number of aromatic hydroxyl groups is 1. The molecule has 0 aliphatic carbocycles. The van der Waals surface area contributed by atoms with Crippen molar-refractivity contribution in [2.75, 3.05) is 0 Å². The molecule has 0 fully saturated rings. The summed E-state index contributed by atoms with van der Waals surface area (Å²) in [7, 11) is 0. The molecule has 0 heterocycles. The Kier molecular flexibility index (Phi) is 4.31. The van der Waals surface area contributed by atoms with Crippen LogP contribution in [0.2, 0.25) is 0 Å². The van der Waals surface area contributed by atoms with Gasteiger partial charge in [-0.05, 0) is 23.8 Å². The van der Waals surface area contributed by atoms with Gasteiger partial charge >= 0.3 is 5.97 Å². The number of carbonyl (C=O) groups is 2. The predicted molar refractivity (Wildman–Crippen MR) is 73.1 cm³/mol. The highest BCUT2D eigenvalue weighted by atomic mass is 16.4. The molecular formula is C15H15NO4. The molecule has 0 spiro atoms.